The van der Waals surface area contributed by atoms with E-state index in [9.17, 15) is 19.7 Å². The van der Waals surface area contributed by atoms with E-state index in [-0.39, 0.29) is 16.8 Å². The van der Waals surface area contributed by atoms with Crippen molar-refractivity contribution in [1.29, 1.82) is 0 Å². The van der Waals surface area contributed by atoms with Gasteiger partial charge >= 0.3 is 5.97 Å². The van der Waals surface area contributed by atoms with Crippen molar-refractivity contribution in [3.8, 4) is 0 Å². The highest BCUT2D eigenvalue weighted by atomic mass is 16.6. The number of nitrogens with one attached hydrogen (secondary N) is 1. The first kappa shape index (κ1) is 17.1. The zero-order valence-corrected chi connectivity index (χ0v) is 13.5. The number of nitro groups is 1. The van der Waals surface area contributed by atoms with Crippen molar-refractivity contribution in [3.63, 3.8) is 0 Å². The van der Waals surface area contributed by atoms with Crippen LogP contribution in [0.4, 0.5) is 11.4 Å². The van der Waals surface area contributed by atoms with Gasteiger partial charge in [-0.15, -0.1) is 0 Å². The van der Waals surface area contributed by atoms with Gasteiger partial charge in [0.25, 0.3) is 11.6 Å². The molecule has 7 nitrogen and oxygen atoms in total. The number of carbonyl (C=O) groups excluding carboxylic acids is 2. The number of carbonyl (C=O) groups is 2. The Morgan fingerprint density at radius 2 is 1.75 bits per heavy atom. The molecule has 0 aliphatic heterocycles. The van der Waals surface area contributed by atoms with Gasteiger partial charge in [0.05, 0.1) is 17.6 Å². The number of aryl methyl sites for hydroxylation is 2. The van der Waals surface area contributed by atoms with Gasteiger partial charge in [0.2, 0.25) is 0 Å². The molecule has 2 rings (SSSR count). The second-order valence-corrected chi connectivity index (χ2v) is 5.29. The Morgan fingerprint density at radius 1 is 1.08 bits per heavy atom. The predicted octanol–water partition coefficient (Wildman–Crippen LogP) is 3.25. The smallest absolute Gasteiger partial charge is 0.338 e. The lowest BCUT2D eigenvalue weighted by Crippen LogP contribution is -2.14. The van der Waals surface area contributed by atoms with Crippen LogP contribution in [0.25, 0.3) is 0 Å². The molecule has 2 aromatic rings. The van der Waals surface area contributed by atoms with Crippen LogP contribution in [0.5, 0.6) is 0 Å². The highest BCUT2D eigenvalue weighted by Crippen LogP contribution is 2.21. The summed E-state index contributed by atoms with van der Waals surface area (Å²) < 4.78 is 4.57. The highest BCUT2D eigenvalue weighted by Gasteiger charge is 2.18. The fraction of sp³-hybridized carbons (Fsp3) is 0.176. The van der Waals surface area contributed by atoms with Gasteiger partial charge in [0.15, 0.2) is 0 Å². The molecule has 0 bridgehead atoms. The second kappa shape index (κ2) is 6.91. The van der Waals surface area contributed by atoms with Crippen LogP contribution >= 0.6 is 0 Å². The number of nitrogens with zero attached hydrogens (tertiary/aromatic N) is 1. The number of rotatable bonds is 4. The maximum atomic E-state index is 12.4. The summed E-state index contributed by atoms with van der Waals surface area (Å²) in [5.41, 5.74) is 2.01. The molecule has 0 saturated heterocycles. The van der Waals surface area contributed by atoms with E-state index in [0.29, 0.717) is 5.69 Å². The minimum Gasteiger partial charge on any atom is -0.465 e. The second-order valence-electron chi connectivity index (χ2n) is 5.29. The van der Waals surface area contributed by atoms with Gasteiger partial charge in [-0.1, -0.05) is 12.1 Å². The molecule has 0 aromatic heterocycles. The van der Waals surface area contributed by atoms with Crippen molar-refractivity contribution >= 4 is 23.3 Å². The molecule has 2 aromatic carbocycles. The van der Waals surface area contributed by atoms with E-state index in [0.717, 1.165) is 30.4 Å². The number of non-ortho nitro benzene ring substituents is 1. The summed E-state index contributed by atoms with van der Waals surface area (Å²) >= 11 is 0. The Morgan fingerprint density at radius 3 is 2.38 bits per heavy atom. The van der Waals surface area contributed by atoms with Crippen LogP contribution in [0.2, 0.25) is 0 Å². The first-order chi connectivity index (χ1) is 11.3. The van der Waals surface area contributed by atoms with E-state index in [1.54, 1.807) is 6.07 Å². The molecule has 124 valence electrons. The number of anilines is 1. The topological polar surface area (TPSA) is 98.5 Å². The third kappa shape index (κ3) is 3.75. The van der Waals surface area contributed by atoms with Crippen LogP contribution < -0.4 is 5.32 Å². The first-order valence-electron chi connectivity index (χ1n) is 7.08. The fourth-order valence-corrected chi connectivity index (χ4v) is 2.15. The molecule has 0 heterocycles. The first-order valence-corrected chi connectivity index (χ1v) is 7.08. The average Bonchev–Trinajstić information content (AvgIpc) is 2.56. The van der Waals surface area contributed by atoms with E-state index < -0.39 is 16.8 Å². The molecular formula is C17H16N2O5. The minimum atomic E-state index is -0.750. The summed E-state index contributed by atoms with van der Waals surface area (Å²) in [6, 6.07) is 9.02. The third-order valence-electron chi connectivity index (χ3n) is 3.45. The summed E-state index contributed by atoms with van der Waals surface area (Å²) in [6.07, 6.45) is 0. The normalized spacial score (nSPS) is 10.1. The lowest BCUT2D eigenvalue weighted by molar-refractivity contribution is -0.384. The maximum Gasteiger partial charge on any atom is 0.338 e. The van der Waals surface area contributed by atoms with Gasteiger partial charge in [-0.05, 0) is 37.1 Å². The Balaban J connectivity index is 2.41. The number of benzene rings is 2. The number of amides is 1. The van der Waals surface area contributed by atoms with Crippen molar-refractivity contribution in [2.75, 3.05) is 12.4 Å². The molecule has 1 N–H and O–H groups in total. The maximum absolute atomic E-state index is 12.4. The molecule has 0 radical (unpaired) electrons. The van der Waals surface area contributed by atoms with Crippen LogP contribution in [-0.4, -0.2) is 23.9 Å². The Hall–Kier alpha value is -3.22. The average molecular weight is 328 g/mol. The Kier molecular flexibility index (Phi) is 4.93. The van der Waals surface area contributed by atoms with E-state index in [1.807, 2.05) is 26.0 Å². The van der Waals surface area contributed by atoms with Crippen molar-refractivity contribution in [2.24, 2.45) is 0 Å². The van der Waals surface area contributed by atoms with Crippen LogP contribution in [0.3, 0.4) is 0 Å². The number of methoxy groups -OCH3 is 1. The number of hydrogen-bond acceptors (Lipinski definition) is 5. The van der Waals surface area contributed by atoms with E-state index in [1.165, 1.54) is 6.07 Å². The zero-order chi connectivity index (χ0) is 17.9. The van der Waals surface area contributed by atoms with Crippen LogP contribution in [0, 0.1) is 24.0 Å². The van der Waals surface area contributed by atoms with Crippen molar-refractivity contribution < 1.29 is 19.2 Å². The summed E-state index contributed by atoms with van der Waals surface area (Å²) in [6.45, 7) is 3.72. The molecular weight excluding hydrogens is 312 g/mol. The lowest BCUT2D eigenvalue weighted by atomic mass is 10.1. The van der Waals surface area contributed by atoms with Crippen LogP contribution in [0.1, 0.15) is 31.8 Å². The Bertz CT molecular complexity index is 830. The summed E-state index contributed by atoms with van der Waals surface area (Å²) in [4.78, 5) is 34.4. The summed E-state index contributed by atoms with van der Waals surface area (Å²) in [7, 11) is 1.16. The van der Waals surface area contributed by atoms with E-state index in [4.69, 9.17) is 0 Å². The number of ether oxygens (including phenoxy) is 1. The van der Waals surface area contributed by atoms with Gasteiger partial charge in [0.1, 0.15) is 0 Å². The van der Waals surface area contributed by atoms with Crippen molar-refractivity contribution in [3.05, 3.63) is 68.8 Å². The minimum absolute atomic E-state index is 0.00510. The molecule has 7 heteroatoms. The molecule has 0 fully saturated rings. The molecule has 0 aliphatic rings. The molecule has 1 amide bonds. The van der Waals surface area contributed by atoms with Gasteiger partial charge in [-0.2, -0.15) is 0 Å². The van der Waals surface area contributed by atoms with Crippen LogP contribution in [0.15, 0.2) is 36.4 Å². The Labute approximate surface area is 138 Å². The van der Waals surface area contributed by atoms with Gasteiger partial charge < -0.3 is 10.1 Å². The largest absolute Gasteiger partial charge is 0.465 e. The molecule has 0 atom stereocenters. The molecule has 0 aliphatic carbocycles. The molecule has 0 saturated carbocycles. The predicted molar refractivity (Wildman–Crippen MR) is 88.3 cm³/mol. The van der Waals surface area contributed by atoms with Crippen molar-refractivity contribution in [1.82, 2.24) is 0 Å². The number of nitro benzene ring substituents is 1. The lowest BCUT2D eigenvalue weighted by Gasteiger charge is -2.10. The van der Waals surface area contributed by atoms with Crippen molar-refractivity contribution in [2.45, 2.75) is 13.8 Å². The molecule has 0 unspecified atom stereocenters. The standard InChI is InChI=1S/C17H16N2O5/c1-10-4-5-11(2)15(6-10)18-16(20)12-7-13(17(21)24-3)9-14(8-12)19(22)23/h4-9H,1-3H3,(H,18,20). The van der Waals surface area contributed by atoms with Crippen LogP contribution in [-0.2, 0) is 4.74 Å². The number of esters is 1. The quantitative estimate of drug-likeness (QED) is 0.527. The van der Waals surface area contributed by atoms with Gasteiger partial charge in [0, 0.05) is 23.4 Å². The SMILES string of the molecule is COC(=O)c1cc(C(=O)Nc2cc(C)ccc2C)cc([N+](=O)[O-])c1. The van der Waals surface area contributed by atoms with Gasteiger partial charge in [-0.3, -0.25) is 14.9 Å². The van der Waals surface area contributed by atoms with E-state index >= 15 is 0 Å². The number of hydrogen-bond donors (Lipinski definition) is 1. The third-order valence-corrected chi connectivity index (χ3v) is 3.45. The van der Waals surface area contributed by atoms with Gasteiger partial charge in [-0.25, -0.2) is 4.79 Å². The molecule has 24 heavy (non-hydrogen) atoms. The molecule has 0 spiro atoms. The monoisotopic (exact) mass is 328 g/mol. The fourth-order valence-electron chi connectivity index (χ4n) is 2.15. The summed E-state index contributed by atoms with van der Waals surface area (Å²) in [5.74, 6) is -1.29. The zero-order valence-electron chi connectivity index (χ0n) is 13.5. The van der Waals surface area contributed by atoms with E-state index in [2.05, 4.69) is 10.1 Å². The summed E-state index contributed by atoms with van der Waals surface area (Å²) in [5, 5.41) is 13.7. The highest BCUT2D eigenvalue weighted by molar-refractivity contribution is 6.06.